The van der Waals surface area contributed by atoms with E-state index in [1.807, 2.05) is 24.3 Å². The molecule has 0 saturated heterocycles. The monoisotopic (exact) mass is 712 g/mol. The predicted molar refractivity (Wildman–Crippen MR) is 191 cm³/mol. The van der Waals surface area contributed by atoms with Crippen LogP contribution in [0.2, 0.25) is 0 Å². The summed E-state index contributed by atoms with van der Waals surface area (Å²) in [4.78, 5) is 66.2. The smallest absolute Gasteiger partial charge is 0.326 e. The van der Waals surface area contributed by atoms with Gasteiger partial charge in [-0.25, -0.2) is 4.79 Å². The van der Waals surface area contributed by atoms with Gasteiger partial charge in [0.05, 0.1) is 13.2 Å². The molecule has 0 aliphatic carbocycles. The van der Waals surface area contributed by atoms with Crippen molar-refractivity contribution >= 4 is 52.2 Å². The first kappa shape index (κ1) is 39.9. The van der Waals surface area contributed by atoms with Crippen molar-refractivity contribution in [2.24, 2.45) is 5.73 Å². The highest BCUT2D eigenvalue weighted by Crippen LogP contribution is 2.28. The lowest BCUT2D eigenvalue weighted by Crippen LogP contribution is -2.56. The number of thioether (sulfide) groups is 1. The number of nitrogens with two attached hydrogens (primary N) is 1. The molecule has 1 aromatic heterocycles. The van der Waals surface area contributed by atoms with Crippen LogP contribution in [0.15, 0.2) is 48.7 Å². The molecule has 4 unspecified atom stereocenters. The molecule has 2 aromatic carbocycles. The molecule has 1 heterocycles. The number of methoxy groups -OCH3 is 1. The summed E-state index contributed by atoms with van der Waals surface area (Å²) >= 11 is 1.34. The number of fused-ring (bicyclic) bond motifs is 1. The Morgan fingerprint density at radius 2 is 1.70 bits per heavy atom. The molecule has 2 amide bonds. The van der Waals surface area contributed by atoms with Crippen molar-refractivity contribution in [1.82, 2.24) is 15.6 Å². The van der Waals surface area contributed by atoms with Gasteiger partial charge in [0.25, 0.3) is 0 Å². The number of hydrogen-bond donors (Lipinski definition) is 7. The molecule has 4 atom stereocenters. The second-order valence-electron chi connectivity index (χ2n) is 12.3. The highest BCUT2D eigenvalue weighted by Gasteiger charge is 2.30. The van der Waals surface area contributed by atoms with Crippen LogP contribution in [0.3, 0.4) is 0 Å². The van der Waals surface area contributed by atoms with Crippen LogP contribution < -0.4 is 21.1 Å². The molecule has 0 bridgehead atoms. The molecule has 272 valence electrons. The number of aryl methyl sites for hydroxylation is 1. The minimum Gasteiger partial charge on any atom is -0.504 e. The largest absolute Gasteiger partial charge is 0.504 e. The highest BCUT2D eigenvalue weighted by molar-refractivity contribution is 8.00. The number of phenolic OH excluding ortho intramolecular Hbond substituents is 1. The number of aliphatic carboxylic acids is 2. The number of ketones is 1. The van der Waals surface area contributed by atoms with E-state index >= 15 is 0 Å². The molecule has 0 spiro atoms. The second kappa shape index (κ2) is 20.2. The zero-order chi connectivity index (χ0) is 36.6. The van der Waals surface area contributed by atoms with Crippen molar-refractivity contribution in [3.63, 3.8) is 0 Å². The van der Waals surface area contributed by atoms with Crippen molar-refractivity contribution < 1.29 is 44.0 Å². The fraction of sp³-hybridized carbons (Fsp3) is 0.472. The van der Waals surface area contributed by atoms with Crippen LogP contribution in [-0.2, 0) is 36.8 Å². The van der Waals surface area contributed by atoms with Crippen molar-refractivity contribution in [2.45, 2.75) is 94.5 Å². The molecule has 3 rings (SSSR count). The summed E-state index contributed by atoms with van der Waals surface area (Å²) in [7, 11) is 1.45. The standard InChI is InChI=1S/C36H48N4O9S/c1-3-4-5-8-25(19-24(41)13-11-22-12-15-31(42)32(17-22)49-2)50-21-30(40-34(45)27(37)14-16-33(43)44)35(46)39-29(36(47)48)18-23-20-38-28-10-7-6-9-26(23)28/h6-7,9-10,12,15,17,20,25,27,29-30,38,42H,3-5,8,11,13-14,16,18-19,21,37H2,1-2H3,(H,39,46)(H,40,45)(H,43,44)(H,47,48). The van der Waals surface area contributed by atoms with Gasteiger partial charge in [0.15, 0.2) is 11.5 Å². The molecule has 8 N–H and O–H groups in total. The van der Waals surface area contributed by atoms with E-state index in [0.717, 1.165) is 35.7 Å². The first-order valence-electron chi connectivity index (χ1n) is 16.8. The molecule has 0 radical (unpaired) electrons. The third-order valence-corrected chi connectivity index (χ3v) is 9.77. The number of carbonyl (C=O) groups excluding carboxylic acids is 3. The fourth-order valence-electron chi connectivity index (χ4n) is 5.48. The number of unbranched alkanes of at least 4 members (excludes halogenated alkanes) is 2. The molecular formula is C36H48N4O9S. The Hall–Kier alpha value is -4.56. The van der Waals surface area contributed by atoms with E-state index < -0.39 is 41.9 Å². The molecule has 0 saturated carbocycles. The van der Waals surface area contributed by atoms with Gasteiger partial charge in [0, 0.05) is 53.8 Å². The van der Waals surface area contributed by atoms with Gasteiger partial charge in [0.2, 0.25) is 11.8 Å². The number of benzene rings is 2. The summed E-state index contributed by atoms with van der Waals surface area (Å²) in [6, 6.07) is 8.60. The van der Waals surface area contributed by atoms with Crippen LogP contribution in [0.4, 0.5) is 0 Å². The van der Waals surface area contributed by atoms with Crippen LogP contribution in [0.5, 0.6) is 11.5 Å². The first-order valence-corrected chi connectivity index (χ1v) is 17.8. The van der Waals surface area contributed by atoms with E-state index in [0.29, 0.717) is 24.2 Å². The molecule has 14 heteroatoms. The maximum atomic E-state index is 13.7. The van der Waals surface area contributed by atoms with Gasteiger partial charge in [-0.3, -0.25) is 19.2 Å². The summed E-state index contributed by atoms with van der Waals surface area (Å²) < 4.78 is 5.16. The Morgan fingerprint density at radius 3 is 2.40 bits per heavy atom. The Kier molecular flexibility index (Phi) is 16.1. The van der Waals surface area contributed by atoms with Crippen LogP contribution in [0.25, 0.3) is 10.9 Å². The number of carboxylic acid groups (broad SMARTS) is 2. The molecule has 50 heavy (non-hydrogen) atoms. The van der Waals surface area contributed by atoms with Crippen molar-refractivity contribution in [3.05, 3.63) is 59.8 Å². The lowest BCUT2D eigenvalue weighted by molar-refractivity contribution is -0.142. The lowest BCUT2D eigenvalue weighted by Gasteiger charge is -2.24. The van der Waals surface area contributed by atoms with E-state index in [9.17, 15) is 34.2 Å². The maximum Gasteiger partial charge on any atom is 0.326 e. The Balaban J connectivity index is 1.74. The van der Waals surface area contributed by atoms with E-state index in [1.54, 1.807) is 18.3 Å². The first-order chi connectivity index (χ1) is 23.9. The lowest BCUT2D eigenvalue weighted by atomic mass is 10.0. The van der Waals surface area contributed by atoms with Gasteiger partial charge in [0.1, 0.15) is 17.9 Å². The molecule has 0 aliphatic heterocycles. The average molecular weight is 713 g/mol. The number of carboxylic acids is 2. The number of aromatic amines is 1. The predicted octanol–water partition coefficient (Wildman–Crippen LogP) is 3.95. The van der Waals surface area contributed by atoms with Crippen LogP contribution in [-0.4, -0.2) is 86.1 Å². The number of amides is 2. The zero-order valence-electron chi connectivity index (χ0n) is 28.5. The fourth-order valence-corrected chi connectivity index (χ4v) is 6.82. The summed E-state index contributed by atoms with van der Waals surface area (Å²) in [5, 5.41) is 34.7. The van der Waals surface area contributed by atoms with Gasteiger partial charge in [-0.1, -0.05) is 50.5 Å². The third kappa shape index (κ3) is 12.7. The quantitative estimate of drug-likeness (QED) is 0.0698. The number of nitrogens with one attached hydrogen (secondary N) is 3. The van der Waals surface area contributed by atoms with Crippen LogP contribution >= 0.6 is 11.8 Å². The van der Waals surface area contributed by atoms with Gasteiger partial charge >= 0.3 is 11.9 Å². The Morgan fingerprint density at radius 1 is 0.960 bits per heavy atom. The summed E-state index contributed by atoms with van der Waals surface area (Å²) in [5.41, 5.74) is 8.29. The van der Waals surface area contributed by atoms with Gasteiger partial charge in [-0.05, 0) is 48.6 Å². The summed E-state index contributed by atoms with van der Waals surface area (Å²) in [6.07, 6.45) is 5.58. The number of aromatic nitrogens is 1. The molecule has 0 aliphatic rings. The Labute approximate surface area is 295 Å². The zero-order valence-corrected chi connectivity index (χ0v) is 29.3. The Bertz CT molecular complexity index is 1610. The normalized spacial score (nSPS) is 13.6. The number of para-hydroxylation sites is 1. The van der Waals surface area contributed by atoms with E-state index in [1.165, 1.54) is 24.9 Å². The number of aromatic hydroxyl groups is 1. The van der Waals surface area contributed by atoms with Crippen LogP contribution in [0, 0.1) is 0 Å². The molecule has 0 fully saturated rings. The van der Waals surface area contributed by atoms with Gasteiger partial charge in [-0.15, -0.1) is 0 Å². The number of H-pyrrole nitrogens is 1. The minimum absolute atomic E-state index is 0.0103. The average Bonchev–Trinajstić information content (AvgIpc) is 3.50. The number of ether oxygens (including phenoxy) is 1. The maximum absolute atomic E-state index is 13.7. The SMILES string of the molecule is CCCCCC(CC(=O)CCc1ccc(O)c(OC)c1)SCC(NC(=O)C(N)CCC(=O)O)C(=O)NC(Cc1c[nH]c2ccccc12)C(=O)O. The van der Waals surface area contributed by atoms with Crippen molar-refractivity contribution in [3.8, 4) is 11.5 Å². The number of Topliss-reactive ketones (excluding diaryl/α,β-unsaturated/α-hetero) is 1. The molecule has 13 nitrogen and oxygen atoms in total. The van der Waals surface area contributed by atoms with E-state index in [-0.39, 0.29) is 54.6 Å². The third-order valence-electron chi connectivity index (χ3n) is 8.37. The second-order valence-corrected chi connectivity index (χ2v) is 13.6. The molecule has 3 aromatic rings. The number of rotatable bonds is 23. The van der Waals surface area contributed by atoms with Crippen molar-refractivity contribution in [2.75, 3.05) is 12.9 Å². The van der Waals surface area contributed by atoms with Gasteiger partial charge < -0.3 is 41.4 Å². The number of carbonyl (C=O) groups is 5. The van der Waals surface area contributed by atoms with E-state index in [2.05, 4.69) is 22.5 Å². The highest BCUT2D eigenvalue weighted by atomic mass is 32.2. The van der Waals surface area contributed by atoms with Crippen LogP contribution in [0.1, 0.15) is 69.4 Å². The number of hydrogen-bond acceptors (Lipinski definition) is 9. The molecular weight excluding hydrogens is 664 g/mol. The van der Waals surface area contributed by atoms with Crippen molar-refractivity contribution in [1.29, 1.82) is 0 Å². The summed E-state index contributed by atoms with van der Waals surface area (Å²) in [6.45, 7) is 2.07. The topological polar surface area (TPSA) is 221 Å². The minimum atomic E-state index is -1.31. The number of phenols is 1. The van der Waals surface area contributed by atoms with Gasteiger partial charge in [-0.2, -0.15) is 11.8 Å². The van der Waals surface area contributed by atoms with E-state index in [4.69, 9.17) is 15.6 Å². The summed E-state index contributed by atoms with van der Waals surface area (Å²) in [5.74, 6) is -3.47.